The summed E-state index contributed by atoms with van der Waals surface area (Å²) in [7, 11) is 0. The molecule has 0 radical (unpaired) electrons. The monoisotopic (exact) mass is 1120 g/mol. The zero-order valence-electron chi connectivity index (χ0n) is 49.0. The minimum absolute atomic E-state index is 0.0726. The zero-order valence-corrected chi connectivity index (χ0v) is 52.1. The van der Waals surface area contributed by atoms with Gasteiger partial charge in [0.25, 0.3) is 0 Å². The first-order chi connectivity index (χ1) is 32.5. The van der Waals surface area contributed by atoms with E-state index < -0.39 is 5.95 Å². The molecule has 6 rings (SSSR count). The quantitative estimate of drug-likeness (QED) is 0.142. The summed E-state index contributed by atoms with van der Waals surface area (Å²) in [6, 6.07) is 0. The molecule has 6 aromatic rings. The smallest absolute Gasteiger partial charge is 0.235 e. The fraction of sp³-hybridized carbons (Fsp3) is 0.579. The fourth-order valence-electron chi connectivity index (χ4n) is 6.26. The summed E-state index contributed by atoms with van der Waals surface area (Å²) in [6.45, 7) is 55.5. The highest BCUT2D eigenvalue weighted by Crippen LogP contribution is 2.26. The van der Waals surface area contributed by atoms with Crippen LogP contribution >= 0.6 is 31.9 Å². The highest BCUT2D eigenvalue weighted by Gasteiger charge is 2.23. The molecule has 72 heavy (non-hydrogen) atoms. The van der Waals surface area contributed by atoms with Gasteiger partial charge >= 0.3 is 0 Å². The van der Waals surface area contributed by atoms with Gasteiger partial charge in [0.2, 0.25) is 5.95 Å². The lowest BCUT2D eigenvalue weighted by Gasteiger charge is -2.19. The zero-order chi connectivity index (χ0) is 56.1. The second kappa shape index (κ2) is 26.5. The van der Waals surface area contributed by atoms with Gasteiger partial charge in [-0.1, -0.05) is 125 Å². The standard InChI is InChI=1S/3C10H16N2.2C9H13BrN2.C9H13FN2/c3*1-7-6-11-8(2)9(12-7)10(3,4)5;2*1-6-8(10)12-7(5-11-6)9(2,3)4;1-6-5-11-8(10)7(12-6)9(2,3)4/h3*6H,1-5H3;3*5H,1-4H3. The SMILES string of the molecule is Cc1cnc(C)c(C(C)(C)C)n1.Cc1cnc(C)c(C(C)(C)C)n1.Cc1cnc(C)c(C(C)(C)C)n1.Cc1cnc(F)c(C(C)(C)C)n1.Cc1ncc(C(C)(C)C)nc1Br.Cc1ncc(C(C)(C)C)nc1Br. The van der Waals surface area contributed by atoms with E-state index in [-0.39, 0.29) is 32.5 Å². The number of rotatable bonds is 0. The van der Waals surface area contributed by atoms with Gasteiger partial charge in [-0.3, -0.25) is 44.9 Å². The Bertz CT molecular complexity index is 2370. The van der Waals surface area contributed by atoms with E-state index in [4.69, 9.17) is 0 Å². The predicted molar refractivity (Wildman–Crippen MR) is 302 cm³/mol. The van der Waals surface area contributed by atoms with Crippen molar-refractivity contribution in [3.05, 3.63) is 138 Å². The molecule has 0 aliphatic carbocycles. The van der Waals surface area contributed by atoms with Crippen LogP contribution in [0.1, 0.15) is 210 Å². The number of hydrogen-bond donors (Lipinski definition) is 0. The number of aryl methyl sites for hydroxylation is 9. The third kappa shape index (κ3) is 22.6. The lowest BCUT2D eigenvalue weighted by atomic mass is 9.90. The van der Waals surface area contributed by atoms with Crippen molar-refractivity contribution >= 4 is 31.9 Å². The van der Waals surface area contributed by atoms with Gasteiger partial charge in [0.05, 0.1) is 85.9 Å². The minimum atomic E-state index is -0.465. The maximum absolute atomic E-state index is 13.1. The summed E-state index contributed by atoms with van der Waals surface area (Å²) in [5, 5.41) is 0. The van der Waals surface area contributed by atoms with Crippen LogP contribution in [0.5, 0.6) is 0 Å². The van der Waals surface area contributed by atoms with Crippen molar-refractivity contribution in [3.63, 3.8) is 0 Å². The fourth-order valence-corrected chi connectivity index (χ4v) is 6.85. The molecule has 396 valence electrons. The Balaban J connectivity index is 0.000000432. The Hall–Kier alpha value is -4.63. The van der Waals surface area contributed by atoms with Crippen LogP contribution in [0.2, 0.25) is 0 Å². The predicted octanol–water partition coefficient (Wildman–Crippen LogP) is 15.1. The lowest BCUT2D eigenvalue weighted by Crippen LogP contribution is -2.17. The number of halogens is 3. The molecule has 0 bridgehead atoms. The van der Waals surface area contributed by atoms with Crippen LogP contribution in [0.25, 0.3) is 0 Å². The van der Waals surface area contributed by atoms with E-state index >= 15 is 0 Å². The molecule has 0 saturated heterocycles. The van der Waals surface area contributed by atoms with Gasteiger partial charge in [0.15, 0.2) is 0 Å². The molecule has 15 heteroatoms. The van der Waals surface area contributed by atoms with Gasteiger partial charge in [0.1, 0.15) is 14.9 Å². The van der Waals surface area contributed by atoms with Crippen molar-refractivity contribution in [1.29, 1.82) is 0 Å². The Morgan fingerprint density at radius 2 is 0.514 bits per heavy atom. The first kappa shape index (κ1) is 65.4. The third-order valence-corrected chi connectivity index (χ3v) is 11.8. The van der Waals surface area contributed by atoms with Crippen LogP contribution in [0.4, 0.5) is 4.39 Å². The van der Waals surface area contributed by atoms with Crippen molar-refractivity contribution in [2.24, 2.45) is 0 Å². The van der Waals surface area contributed by atoms with E-state index in [1.54, 1.807) is 0 Å². The van der Waals surface area contributed by atoms with Crippen molar-refractivity contribution in [1.82, 2.24) is 59.8 Å². The molecule has 0 fully saturated rings. The van der Waals surface area contributed by atoms with E-state index in [1.807, 2.05) is 114 Å². The van der Waals surface area contributed by atoms with Gasteiger partial charge in [0, 0.05) is 63.5 Å². The number of aromatic nitrogens is 12. The van der Waals surface area contributed by atoms with Crippen LogP contribution in [-0.4, -0.2) is 59.8 Å². The third-order valence-electron chi connectivity index (χ3n) is 10.2. The van der Waals surface area contributed by atoms with E-state index in [2.05, 4.69) is 196 Å². The molecule has 0 aliphatic heterocycles. The van der Waals surface area contributed by atoms with Crippen LogP contribution in [0.3, 0.4) is 0 Å². The van der Waals surface area contributed by atoms with E-state index in [9.17, 15) is 4.39 Å². The maximum atomic E-state index is 13.1. The molecule has 0 amide bonds. The summed E-state index contributed by atoms with van der Waals surface area (Å²) in [4.78, 5) is 51.3. The highest BCUT2D eigenvalue weighted by atomic mass is 79.9. The van der Waals surface area contributed by atoms with Gasteiger partial charge < -0.3 is 0 Å². The molecule has 0 aromatic carbocycles. The number of hydrogen-bond acceptors (Lipinski definition) is 12. The maximum Gasteiger partial charge on any atom is 0.235 e. The van der Waals surface area contributed by atoms with Gasteiger partial charge in [-0.15, -0.1) is 0 Å². The molecule has 6 aromatic heterocycles. The molecular weight excluding hydrogens is 1030 g/mol. The van der Waals surface area contributed by atoms with Crippen LogP contribution in [0.15, 0.2) is 46.4 Å². The average molecular weight is 1120 g/mol. The number of nitrogens with zero attached hydrogens (tertiary/aromatic N) is 12. The Morgan fingerprint density at radius 3 is 0.708 bits per heavy atom. The van der Waals surface area contributed by atoms with Crippen molar-refractivity contribution in [2.45, 2.75) is 219 Å². The lowest BCUT2D eigenvalue weighted by molar-refractivity contribution is 0.477. The Labute approximate surface area is 450 Å². The summed E-state index contributed by atoms with van der Waals surface area (Å²) in [5.41, 5.74) is 14.6. The summed E-state index contributed by atoms with van der Waals surface area (Å²) in [5.74, 6) is -0.465. The first-order valence-corrected chi connectivity index (χ1v) is 26.0. The first-order valence-electron chi connectivity index (χ1n) is 24.4. The van der Waals surface area contributed by atoms with Crippen molar-refractivity contribution in [3.8, 4) is 0 Å². The molecule has 0 aliphatic rings. The second-order valence-corrected chi connectivity index (χ2v) is 25.8. The van der Waals surface area contributed by atoms with Gasteiger partial charge in [-0.05, 0) is 94.2 Å². The highest BCUT2D eigenvalue weighted by molar-refractivity contribution is 9.10. The van der Waals surface area contributed by atoms with E-state index in [0.717, 1.165) is 88.9 Å². The summed E-state index contributed by atoms with van der Waals surface area (Å²) < 4.78 is 14.8. The molecule has 12 nitrogen and oxygen atoms in total. The molecule has 0 saturated carbocycles. The Morgan fingerprint density at radius 1 is 0.292 bits per heavy atom. The minimum Gasteiger partial charge on any atom is -0.258 e. The topological polar surface area (TPSA) is 155 Å². The largest absolute Gasteiger partial charge is 0.258 e. The van der Waals surface area contributed by atoms with Crippen LogP contribution in [-0.2, 0) is 32.5 Å². The second-order valence-electron chi connectivity index (χ2n) is 24.2. The Kier molecular flexibility index (Phi) is 24.1. The summed E-state index contributed by atoms with van der Waals surface area (Å²) >= 11 is 6.73. The van der Waals surface area contributed by atoms with E-state index in [1.165, 1.54) is 6.20 Å². The molecule has 0 spiro atoms. The molecule has 0 unspecified atom stereocenters. The van der Waals surface area contributed by atoms with Crippen LogP contribution < -0.4 is 0 Å². The van der Waals surface area contributed by atoms with Crippen LogP contribution in [0, 0.1) is 68.3 Å². The molecule has 6 heterocycles. The molecular formula is C57H87Br2FN12. The van der Waals surface area contributed by atoms with Gasteiger partial charge in [-0.25, -0.2) is 15.0 Å². The molecule has 0 N–H and O–H groups in total. The van der Waals surface area contributed by atoms with Crippen molar-refractivity contribution < 1.29 is 4.39 Å². The summed E-state index contributed by atoms with van der Waals surface area (Å²) in [6.07, 6.45) is 10.5. The van der Waals surface area contributed by atoms with E-state index in [0.29, 0.717) is 5.69 Å². The normalized spacial score (nSPS) is 11.8. The van der Waals surface area contributed by atoms with Crippen molar-refractivity contribution in [2.75, 3.05) is 0 Å². The molecule has 0 atom stereocenters. The average Bonchev–Trinajstić information content (AvgIpc) is 3.22. The van der Waals surface area contributed by atoms with Gasteiger partial charge in [-0.2, -0.15) is 4.39 Å².